The summed E-state index contributed by atoms with van der Waals surface area (Å²) >= 11 is 0. The Morgan fingerprint density at radius 3 is 1.28 bits per heavy atom. The minimum Gasteiger partial charge on any atom is -0.462 e. The zero-order valence-electron chi connectivity index (χ0n) is 40.5. The van der Waals surface area contributed by atoms with Crippen LogP contribution in [-0.4, -0.2) is 46.9 Å². The fraction of sp³-hybridized carbons (Fsp3) is 0.818. The first-order valence-electron chi connectivity index (χ1n) is 26.4. The number of allylic oxidation sites excluding steroid dienone is 8. The van der Waals surface area contributed by atoms with Gasteiger partial charge >= 0.3 is 5.97 Å². The van der Waals surface area contributed by atoms with Crippen LogP contribution in [0.3, 0.4) is 0 Å². The summed E-state index contributed by atoms with van der Waals surface area (Å²) in [5, 5.41) is 23.7. The Morgan fingerprint density at radius 2 is 0.836 bits per heavy atom. The number of ether oxygens (including phenoxy) is 1. The van der Waals surface area contributed by atoms with E-state index in [1.807, 2.05) is 0 Å². The van der Waals surface area contributed by atoms with Gasteiger partial charge in [0.25, 0.3) is 0 Å². The van der Waals surface area contributed by atoms with Crippen LogP contribution in [0.2, 0.25) is 0 Å². The molecule has 0 bridgehead atoms. The van der Waals surface area contributed by atoms with E-state index in [2.05, 4.69) is 74.7 Å². The van der Waals surface area contributed by atoms with Crippen molar-refractivity contribution in [2.45, 2.75) is 283 Å². The van der Waals surface area contributed by atoms with E-state index in [1.165, 1.54) is 135 Å². The maximum atomic E-state index is 13.2. The second kappa shape index (κ2) is 48.8. The molecular formula is C55H101NO5. The Hall–Kier alpha value is -2.18. The number of rotatable bonds is 47. The predicted octanol–water partition coefficient (Wildman–Crippen LogP) is 15.8. The van der Waals surface area contributed by atoms with Crippen LogP contribution in [0.5, 0.6) is 0 Å². The quantitative estimate of drug-likeness (QED) is 0.0322. The molecule has 0 aliphatic heterocycles. The van der Waals surface area contributed by atoms with Crippen LogP contribution in [0.15, 0.2) is 48.6 Å². The lowest BCUT2D eigenvalue weighted by molar-refractivity contribution is -0.151. The number of hydrogen-bond donors (Lipinski definition) is 3. The molecule has 0 aromatic heterocycles. The lowest BCUT2D eigenvalue weighted by Gasteiger charge is -2.24. The number of nitrogens with one attached hydrogen (secondary N) is 1. The van der Waals surface area contributed by atoms with Crippen molar-refractivity contribution in [3.63, 3.8) is 0 Å². The fourth-order valence-corrected chi connectivity index (χ4v) is 7.88. The third-order valence-corrected chi connectivity index (χ3v) is 11.9. The van der Waals surface area contributed by atoms with Gasteiger partial charge in [-0.25, -0.2) is 0 Å². The summed E-state index contributed by atoms with van der Waals surface area (Å²) in [4.78, 5) is 26.1. The van der Waals surface area contributed by atoms with Crippen molar-refractivity contribution < 1.29 is 24.5 Å². The van der Waals surface area contributed by atoms with Gasteiger partial charge in [-0.3, -0.25) is 9.59 Å². The summed E-state index contributed by atoms with van der Waals surface area (Å²) in [6, 6.07) is -0.705. The van der Waals surface area contributed by atoms with Crippen molar-refractivity contribution in [2.24, 2.45) is 0 Å². The molecule has 0 fully saturated rings. The van der Waals surface area contributed by atoms with Crippen molar-refractivity contribution in [2.75, 3.05) is 6.61 Å². The molecule has 0 spiro atoms. The molecule has 3 unspecified atom stereocenters. The Morgan fingerprint density at radius 1 is 0.475 bits per heavy atom. The normalized spacial score (nSPS) is 13.6. The summed E-state index contributed by atoms with van der Waals surface area (Å²) < 4.78 is 5.92. The highest BCUT2D eigenvalue weighted by molar-refractivity contribution is 5.77. The molecule has 3 N–H and O–H groups in total. The van der Waals surface area contributed by atoms with E-state index < -0.39 is 18.2 Å². The highest BCUT2D eigenvalue weighted by Crippen LogP contribution is 2.18. The highest BCUT2D eigenvalue weighted by atomic mass is 16.5. The largest absolute Gasteiger partial charge is 0.462 e. The van der Waals surface area contributed by atoms with E-state index in [0.29, 0.717) is 19.3 Å². The van der Waals surface area contributed by atoms with Gasteiger partial charge < -0.3 is 20.3 Å². The van der Waals surface area contributed by atoms with Gasteiger partial charge in [0, 0.05) is 6.42 Å². The van der Waals surface area contributed by atoms with Crippen molar-refractivity contribution in [1.29, 1.82) is 0 Å². The second-order valence-electron chi connectivity index (χ2n) is 17.9. The van der Waals surface area contributed by atoms with Gasteiger partial charge in [0.15, 0.2) is 0 Å². The van der Waals surface area contributed by atoms with Gasteiger partial charge in [0.1, 0.15) is 6.10 Å². The van der Waals surface area contributed by atoms with Gasteiger partial charge in [0.2, 0.25) is 5.91 Å². The molecule has 1 amide bonds. The van der Waals surface area contributed by atoms with Crippen LogP contribution in [0.1, 0.15) is 265 Å². The number of unbranched alkanes of at least 4 members (excludes halogenated alkanes) is 27. The minimum atomic E-state index is -0.791. The number of aliphatic hydroxyl groups is 2. The van der Waals surface area contributed by atoms with E-state index in [0.717, 1.165) is 83.5 Å². The number of carbonyl (C=O) groups is 2. The number of aliphatic hydroxyl groups excluding tert-OH is 2. The zero-order valence-corrected chi connectivity index (χ0v) is 40.5. The summed E-state index contributed by atoms with van der Waals surface area (Å²) in [5.41, 5.74) is 0. The Kier molecular flexibility index (Phi) is 47.1. The van der Waals surface area contributed by atoms with E-state index in [-0.39, 0.29) is 24.9 Å². The maximum Gasteiger partial charge on any atom is 0.306 e. The molecular weight excluding hydrogens is 755 g/mol. The van der Waals surface area contributed by atoms with Gasteiger partial charge in [-0.1, -0.05) is 230 Å². The van der Waals surface area contributed by atoms with Crippen molar-refractivity contribution in [1.82, 2.24) is 5.32 Å². The second-order valence-corrected chi connectivity index (χ2v) is 17.9. The number of esters is 1. The van der Waals surface area contributed by atoms with Gasteiger partial charge in [0.05, 0.1) is 25.2 Å². The monoisotopic (exact) mass is 856 g/mol. The molecule has 61 heavy (non-hydrogen) atoms. The lowest BCUT2D eigenvalue weighted by atomic mass is 10.0. The van der Waals surface area contributed by atoms with Crippen molar-refractivity contribution in [3.8, 4) is 0 Å². The van der Waals surface area contributed by atoms with Crippen LogP contribution in [-0.2, 0) is 14.3 Å². The first-order valence-corrected chi connectivity index (χ1v) is 26.4. The first-order chi connectivity index (χ1) is 30.0. The Bertz CT molecular complexity index is 1050. The molecule has 3 atom stereocenters. The Labute approximate surface area is 378 Å². The van der Waals surface area contributed by atoms with Crippen LogP contribution in [0, 0.1) is 0 Å². The molecule has 0 aromatic rings. The van der Waals surface area contributed by atoms with E-state index in [1.54, 1.807) is 0 Å². The summed E-state index contributed by atoms with van der Waals surface area (Å²) in [6.45, 7) is 6.45. The molecule has 0 heterocycles. The predicted molar refractivity (Wildman–Crippen MR) is 264 cm³/mol. The summed E-state index contributed by atoms with van der Waals surface area (Å²) in [5.74, 6) is -0.504. The van der Waals surface area contributed by atoms with E-state index >= 15 is 0 Å². The molecule has 0 saturated heterocycles. The third kappa shape index (κ3) is 44.2. The van der Waals surface area contributed by atoms with Gasteiger partial charge in [-0.2, -0.15) is 0 Å². The average Bonchev–Trinajstić information content (AvgIpc) is 3.25. The Balaban J connectivity index is 4.53. The minimum absolute atomic E-state index is 0.0667. The molecule has 6 nitrogen and oxygen atoms in total. The maximum absolute atomic E-state index is 13.2. The zero-order chi connectivity index (χ0) is 44.5. The van der Waals surface area contributed by atoms with Crippen LogP contribution in [0.25, 0.3) is 0 Å². The number of amides is 1. The lowest BCUT2D eigenvalue weighted by Crippen LogP contribution is -2.46. The van der Waals surface area contributed by atoms with Crippen LogP contribution >= 0.6 is 0 Å². The van der Waals surface area contributed by atoms with Gasteiger partial charge in [-0.15, -0.1) is 0 Å². The SMILES string of the molecule is CCCCC/C=C\C/C=C\C/C=C\C/C=C\CCCCCC(=O)OC(CCCCCCCCCCCC)CC(=O)NC(CO)C(O)CCCCCCCCCCCCCCC. The summed E-state index contributed by atoms with van der Waals surface area (Å²) in [6.07, 6.45) is 58.8. The smallest absolute Gasteiger partial charge is 0.306 e. The summed E-state index contributed by atoms with van der Waals surface area (Å²) in [7, 11) is 0. The van der Waals surface area contributed by atoms with Crippen LogP contribution in [0.4, 0.5) is 0 Å². The van der Waals surface area contributed by atoms with Crippen molar-refractivity contribution >= 4 is 11.9 Å². The third-order valence-electron chi connectivity index (χ3n) is 11.9. The highest BCUT2D eigenvalue weighted by Gasteiger charge is 2.24. The standard InChI is InChI=1S/C55H101NO5/c1-4-7-10-13-16-19-22-24-25-26-27-28-29-31-33-36-39-42-45-48-55(60)61-51(46-43-40-37-34-21-18-15-12-9-6-3)49-54(59)56-52(50-57)53(58)47-44-41-38-35-32-30-23-20-17-14-11-8-5-2/h16,19,24-25,27-28,31,33,51-53,57-58H,4-15,17-18,20-23,26,29-30,32,34-50H2,1-3H3,(H,56,59)/b19-16-,25-24-,28-27-,33-31-. The molecule has 356 valence electrons. The molecule has 0 aliphatic carbocycles. The van der Waals surface area contributed by atoms with Gasteiger partial charge in [-0.05, 0) is 70.6 Å². The molecule has 0 saturated carbocycles. The number of hydrogen-bond acceptors (Lipinski definition) is 5. The van der Waals surface area contributed by atoms with Crippen molar-refractivity contribution in [3.05, 3.63) is 48.6 Å². The first kappa shape index (κ1) is 58.8. The van der Waals surface area contributed by atoms with E-state index in [9.17, 15) is 19.8 Å². The average molecular weight is 856 g/mol. The molecule has 0 radical (unpaired) electrons. The molecule has 0 aliphatic rings. The molecule has 0 rings (SSSR count). The topological polar surface area (TPSA) is 95.9 Å². The fourth-order valence-electron chi connectivity index (χ4n) is 7.88. The van der Waals surface area contributed by atoms with E-state index in [4.69, 9.17) is 4.74 Å². The number of carbonyl (C=O) groups excluding carboxylic acids is 2. The molecule has 6 heteroatoms. The van der Waals surface area contributed by atoms with Crippen LogP contribution < -0.4 is 5.32 Å². The molecule has 0 aromatic carbocycles.